The highest BCUT2D eigenvalue weighted by molar-refractivity contribution is 7.23. The minimum Gasteiger partial charge on any atom is -0.490 e. The molecule has 4 bridgehead atoms. The summed E-state index contributed by atoms with van der Waals surface area (Å²) in [4.78, 5) is 34.5. The van der Waals surface area contributed by atoms with Crippen LogP contribution in [0.25, 0.3) is 49.9 Å². The van der Waals surface area contributed by atoms with E-state index in [2.05, 4.69) is 270 Å². The molecule has 0 unspecified atom stereocenters. The maximum atomic E-state index is 11.6. The monoisotopic (exact) mass is 2000 g/mol. The highest BCUT2D eigenvalue weighted by Gasteiger charge is 2.25. The Morgan fingerprint density at radius 1 is 0.312 bits per heavy atom. The summed E-state index contributed by atoms with van der Waals surface area (Å²) in [6.45, 7) is 36.2. The first-order chi connectivity index (χ1) is 69.3. The van der Waals surface area contributed by atoms with Crippen LogP contribution in [0, 0.1) is 27.7 Å². The summed E-state index contributed by atoms with van der Waals surface area (Å²) in [6.07, 6.45) is 11.6. The van der Waals surface area contributed by atoms with E-state index in [1.165, 1.54) is 20.7 Å². The molecule has 0 aliphatic carbocycles. The zero-order valence-corrected chi connectivity index (χ0v) is 85.6. The summed E-state index contributed by atoms with van der Waals surface area (Å²) >= 11 is 6.86. The minimum absolute atomic E-state index is 0.230. The van der Waals surface area contributed by atoms with Crippen LogP contribution in [0.5, 0.6) is 34.5 Å². The number of anilines is 6. The van der Waals surface area contributed by atoms with Gasteiger partial charge in [-0.1, -0.05) is 92.0 Å². The van der Waals surface area contributed by atoms with Crippen LogP contribution in [-0.4, -0.2) is 257 Å². The van der Waals surface area contributed by atoms with Crippen LogP contribution in [0.2, 0.25) is 0 Å². The molecule has 29 heteroatoms. The third kappa shape index (κ3) is 33.8. The lowest BCUT2D eigenvalue weighted by Crippen LogP contribution is -2.34. The van der Waals surface area contributed by atoms with E-state index in [1.54, 1.807) is 59.6 Å². The Kier molecular flexibility index (Phi) is 43.4. The molecule has 10 heterocycles. The van der Waals surface area contributed by atoms with Gasteiger partial charge in [-0.25, -0.2) is 4.79 Å². The van der Waals surface area contributed by atoms with Crippen LogP contribution in [0.15, 0.2) is 201 Å². The molecule has 752 valence electrons. The third-order valence-electron chi connectivity index (χ3n) is 23.8. The Bertz CT molecular complexity index is 5520. The van der Waals surface area contributed by atoms with E-state index in [0.29, 0.717) is 250 Å². The van der Waals surface area contributed by atoms with Crippen LogP contribution in [0.3, 0.4) is 0 Å². The lowest BCUT2D eigenvalue weighted by molar-refractivity contribution is -0.138. The van der Waals surface area contributed by atoms with E-state index in [0.717, 1.165) is 138 Å². The Morgan fingerprint density at radius 3 is 0.950 bits per heavy atom. The molecule has 25 nitrogen and oxygen atoms in total. The van der Waals surface area contributed by atoms with E-state index in [-0.39, 0.29) is 6.61 Å². The van der Waals surface area contributed by atoms with Crippen molar-refractivity contribution in [2.75, 3.05) is 281 Å². The molecule has 2 saturated heterocycles. The smallest absolute Gasteiger partial charge is 0.330 e. The molecule has 0 spiro atoms. The molecule has 11 aromatic rings. The van der Waals surface area contributed by atoms with Gasteiger partial charge in [-0.3, -0.25) is 0 Å². The van der Waals surface area contributed by atoms with Crippen LogP contribution < -0.4 is 57.8 Å². The minimum atomic E-state index is -0.429. The van der Waals surface area contributed by atoms with E-state index in [9.17, 15) is 4.79 Å². The summed E-state index contributed by atoms with van der Waals surface area (Å²) < 4.78 is 111. The molecule has 0 N–H and O–H groups in total. The van der Waals surface area contributed by atoms with Crippen molar-refractivity contribution in [2.45, 2.75) is 47.5 Å². The van der Waals surface area contributed by atoms with E-state index < -0.39 is 5.97 Å². The number of nitrogens with zero attached hydrogens (tertiary/aromatic N) is 6. The molecule has 0 radical (unpaired) electrons. The molecule has 17 rings (SSSR count). The second kappa shape index (κ2) is 57.9. The quantitative estimate of drug-likeness (QED) is 0.0239. The number of hydrogen-bond donors (Lipinski definition) is 0. The Hall–Kier alpha value is -11.1. The van der Waals surface area contributed by atoms with Crippen LogP contribution in [0.1, 0.15) is 64.0 Å². The SMILES string of the molecule is C=CC(=O)OCc1ccc(-c2ccc(/C=C/c3ccc(N4CCOc5cc(C)ccc5N5CCOCCOCCN(CCOCCOCC5)c5ccc(C)cc5OCC4)c(OCCOC)c3)s2)s1.C=Cc1ccc(COCc2ccc(-c3ccc(/C=C/c4ccc(N5CCOc6cc(C)ccc6N6CCOCCOCCN(CCOCCOCC6)c6ccc(C)cc6OCC5)c(OCCOC)c4)s3)s2)cc1. The highest BCUT2D eigenvalue weighted by Crippen LogP contribution is 2.41. The van der Waals surface area contributed by atoms with Gasteiger partial charge in [0.2, 0.25) is 0 Å². The molecular weight excluding hydrogens is 1860 g/mol. The number of fused-ring (bicyclic) bond motifs is 40. The number of esters is 1. The van der Waals surface area contributed by atoms with Crippen molar-refractivity contribution in [3.8, 4) is 54.0 Å². The number of thiophene rings is 4. The van der Waals surface area contributed by atoms with Crippen LogP contribution >= 0.6 is 45.3 Å². The fraction of sp³-hybridized carbons (Fsp3) is 0.402. The predicted octanol–water partition coefficient (Wildman–Crippen LogP) is 20.5. The van der Waals surface area contributed by atoms with Crippen molar-refractivity contribution < 1.29 is 90.1 Å². The number of rotatable bonds is 24. The lowest BCUT2D eigenvalue weighted by atomic mass is 10.1. The Balaban J connectivity index is 0.000000225. The summed E-state index contributed by atoms with van der Waals surface area (Å²) in [6, 6.07) is 63.6. The van der Waals surface area contributed by atoms with E-state index in [4.69, 9.17) is 85.3 Å². The van der Waals surface area contributed by atoms with Gasteiger partial charge in [0.1, 0.15) is 80.7 Å². The molecule has 6 aliphatic heterocycles. The molecular formula is C112H136N6O19S4. The van der Waals surface area contributed by atoms with Gasteiger partial charge in [-0.2, -0.15) is 0 Å². The number of carbonyl (C=O) groups excluding carboxylic acids is 1. The molecule has 6 aliphatic rings. The predicted molar refractivity (Wildman–Crippen MR) is 572 cm³/mol. The number of benzene rings is 7. The zero-order valence-electron chi connectivity index (χ0n) is 82.3. The third-order valence-corrected chi connectivity index (χ3v) is 28.4. The van der Waals surface area contributed by atoms with Crippen molar-refractivity contribution in [1.82, 2.24) is 0 Å². The zero-order chi connectivity index (χ0) is 97.8. The molecule has 141 heavy (non-hydrogen) atoms. The van der Waals surface area contributed by atoms with Gasteiger partial charge in [0.25, 0.3) is 0 Å². The molecule has 7 aromatic carbocycles. The normalized spacial score (nSPS) is 16.2. The van der Waals surface area contributed by atoms with Gasteiger partial charge in [-0.15, -0.1) is 45.3 Å². The largest absolute Gasteiger partial charge is 0.490 e. The van der Waals surface area contributed by atoms with Crippen LogP contribution in [-0.2, 0) is 81.5 Å². The second-order valence-corrected chi connectivity index (χ2v) is 38.7. The van der Waals surface area contributed by atoms with Crippen molar-refractivity contribution in [2.24, 2.45) is 0 Å². The molecule has 0 saturated carbocycles. The summed E-state index contributed by atoms with van der Waals surface area (Å²) in [7, 11) is 3.37. The average Bonchev–Trinajstić information content (AvgIpc) is 1.67. The Morgan fingerprint density at radius 2 is 0.617 bits per heavy atom. The van der Waals surface area contributed by atoms with Gasteiger partial charge in [0.15, 0.2) is 0 Å². The average molecular weight is 2000 g/mol. The van der Waals surface area contributed by atoms with E-state index >= 15 is 0 Å². The standard InChI is InChI=1S/C59H71N3O9S2.C53H65N3O10S2/c1-5-47-8-10-49(11-9-47)43-68-44-51-16-21-59(73-51)58-20-15-50(72-58)14-12-48-13-19-54(57(42-48)71-39-34-63-4)62-26-32-69-55-40-45(2)6-17-52(55)60-22-28-64-35-37-66-30-24-61(25-31-67-38-36-65-29-23-60)53-18-7-46(3)41-56(53)70-33-27-62;1-5-53(57)66-39-44-12-17-52(68-44)51-16-11-43(67-51)10-8-42-9-15-47(50(38-42)65-35-30-58-4)56-22-28-63-48-36-40(2)6-13-45(48)54-18-24-59-31-33-61-26-20-55(21-27-62-34-32-60-25-19-54)46-14-7-41(3)37-49(46)64-29-23-56/h5-21,40-42H,1,22-39,43-44H2,2-4H3;5-17,36-38H,1,18-35,39H2,2-4H3/b14-12+;10-8+. The number of hydrogen-bond acceptors (Lipinski definition) is 29. The first kappa shape index (κ1) is 106. The summed E-state index contributed by atoms with van der Waals surface area (Å²) in [5, 5.41) is 0. The number of aryl methyl sites for hydroxylation is 4. The topological polar surface area (TPSA) is 203 Å². The first-order valence-corrected chi connectivity index (χ1v) is 51.9. The van der Waals surface area contributed by atoms with Crippen LogP contribution in [0.4, 0.5) is 34.1 Å². The number of ether oxygens (including phenoxy) is 18. The van der Waals surface area contributed by atoms with Gasteiger partial charge < -0.3 is 115 Å². The van der Waals surface area contributed by atoms with Gasteiger partial charge in [-0.05, 0) is 206 Å². The van der Waals surface area contributed by atoms with Crippen molar-refractivity contribution in [3.05, 3.63) is 265 Å². The summed E-state index contributed by atoms with van der Waals surface area (Å²) in [5.74, 6) is 4.30. The van der Waals surface area contributed by atoms with E-state index in [1.807, 2.05) is 12.1 Å². The van der Waals surface area contributed by atoms with Crippen molar-refractivity contribution in [3.63, 3.8) is 0 Å². The Labute approximate surface area is 847 Å². The van der Waals surface area contributed by atoms with Gasteiger partial charge in [0.05, 0.1) is 192 Å². The highest BCUT2D eigenvalue weighted by atomic mass is 32.1. The van der Waals surface area contributed by atoms with Crippen molar-refractivity contribution in [1.29, 1.82) is 0 Å². The fourth-order valence-electron chi connectivity index (χ4n) is 16.3. The molecule has 0 atom stereocenters. The maximum Gasteiger partial charge on any atom is 0.330 e. The second-order valence-electron chi connectivity index (χ2n) is 34.1. The fourth-order valence-corrected chi connectivity index (χ4v) is 20.1. The molecule has 2 fully saturated rings. The number of methoxy groups -OCH3 is 2. The number of carbonyl (C=O) groups is 1. The molecule has 4 aromatic heterocycles. The van der Waals surface area contributed by atoms with Gasteiger partial charge >= 0.3 is 5.97 Å². The lowest BCUT2D eigenvalue weighted by Gasteiger charge is -2.30. The maximum absolute atomic E-state index is 11.6. The van der Waals surface area contributed by atoms with Crippen molar-refractivity contribution >= 4 is 116 Å². The molecule has 0 amide bonds. The first-order valence-electron chi connectivity index (χ1n) is 48.7. The van der Waals surface area contributed by atoms with Gasteiger partial charge in [0, 0.05) is 112 Å². The summed E-state index contributed by atoms with van der Waals surface area (Å²) in [5.41, 5.74) is 14.6.